The highest BCUT2D eigenvalue weighted by Crippen LogP contribution is 2.42. The van der Waals surface area contributed by atoms with Gasteiger partial charge in [0.15, 0.2) is 0 Å². The van der Waals surface area contributed by atoms with Gasteiger partial charge in [-0.3, -0.25) is 9.59 Å². The maximum absolute atomic E-state index is 13.1. The molecule has 0 radical (unpaired) electrons. The maximum atomic E-state index is 13.1. The molecule has 0 aliphatic carbocycles. The van der Waals surface area contributed by atoms with Gasteiger partial charge in [-0.15, -0.1) is 23.1 Å². The fourth-order valence-corrected chi connectivity index (χ4v) is 7.88. The number of likely N-dealkylation sites (tertiary alicyclic amines) is 2. The lowest BCUT2D eigenvalue weighted by atomic mass is 9.86. The Bertz CT molecular complexity index is 1290. The van der Waals surface area contributed by atoms with Crippen molar-refractivity contribution < 1.29 is 14.7 Å². The summed E-state index contributed by atoms with van der Waals surface area (Å²) in [5.41, 5.74) is 5.59. The lowest BCUT2D eigenvalue weighted by Crippen LogP contribution is -2.45. The lowest BCUT2D eigenvalue weighted by Gasteiger charge is -2.36. The summed E-state index contributed by atoms with van der Waals surface area (Å²) >= 11 is 2.81. The van der Waals surface area contributed by atoms with Crippen molar-refractivity contribution in [3.8, 4) is 0 Å². The van der Waals surface area contributed by atoms with Gasteiger partial charge < -0.3 is 14.9 Å². The maximum Gasteiger partial charge on any atom is 0.281 e. The summed E-state index contributed by atoms with van der Waals surface area (Å²) in [6.07, 6.45) is 4.60. The molecule has 214 valence electrons. The van der Waals surface area contributed by atoms with Crippen molar-refractivity contribution in [2.45, 2.75) is 64.8 Å². The van der Waals surface area contributed by atoms with Gasteiger partial charge in [0.2, 0.25) is 0 Å². The molecule has 2 aromatic rings. The average Bonchev–Trinajstić information content (AvgIpc) is 3.72. The van der Waals surface area contributed by atoms with Crippen LogP contribution < -0.4 is 5.43 Å². The average molecular weight is 581 g/mol. The molecule has 1 aromatic heterocycles. The summed E-state index contributed by atoms with van der Waals surface area (Å²) in [5.74, 6) is 0.362. The van der Waals surface area contributed by atoms with E-state index in [2.05, 4.69) is 60.5 Å². The van der Waals surface area contributed by atoms with E-state index in [0.717, 1.165) is 36.4 Å². The van der Waals surface area contributed by atoms with E-state index in [1.54, 1.807) is 23.9 Å². The van der Waals surface area contributed by atoms with E-state index in [1.807, 2.05) is 11.8 Å². The van der Waals surface area contributed by atoms with Crippen LogP contribution in [-0.4, -0.2) is 70.4 Å². The Morgan fingerprint density at radius 1 is 0.975 bits per heavy atom. The summed E-state index contributed by atoms with van der Waals surface area (Å²) in [4.78, 5) is 32.3. The number of rotatable bonds is 6. The summed E-state index contributed by atoms with van der Waals surface area (Å²) in [7, 11) is 0. The first-order valence-electron chi connectivity index (χ1n) is 14.3. The van der Waals surface area contributed by atoms with Crippen molar-refractivity contribution in [2.75, 3.05) is 31.9 Å². The zero-order chi connectivity index (χ0) is 28.4. The molecule has 3 aliphatic rings. The number of aliphatic hydroxyl groups excluding tert-OH is 1. The van der Waals surface area contributed by atoms with E-state index < -0.39 is 0 Å². The van der Waals surface area contributed by atoms with Gasteiger partial charge in [-0.2, -0.15) is 5.10 Å². The number of hydrogen-bond acceptors (Lipinski definition) is 7. The van der Waals surface area contributed by atoms with Crippen molar-refractivity contribution in [1.82, 2.24) is 15.2 Å². The second-order valence-corrected chi connectivity index (χ2v) is 14.1. The third kappa shape index (κ3) is 6.31. The van der Waals surface area contributed by atoms with Crippen LogP contribution in [0.5, 0.6) is 0 Å². The Balaban J connectivity index is 1.16. The molecule has 4 heterocycles. The zero-order valence-electron chi connectivity index (χ0n) is 23.9. The molecule has 2 saturated heterocycles. The lowest BCUT2D eigenvalue weighted by molar-refractivity contribution is 0.0649. The number of hydrazone groups is 1. The van der Waals surface area contributed by atoms with Crippen LogP contribution in [0.15, 0.2) is 47.3 Å². The fraction of sp³-hybridized carbons (Fsp3) is 0.516. The number of nitrogens with one attached hydrogen (secondary N) is 1. The Morgan fingerprint density at radius 2 is 1.62 bits per heavy atom. The highest BCUT2D eigenvalue weighted by molar-refractivity contribution is 8.08. The summed E-state index contributed by atoms with van der Waals surface area (Å²) < 4.78 is 0. The van der Waals surface area contributed by atoms with E-state index in [1.165, 1.54) is 42.8 Å². The molecule has 40 heavy (non-hydrogen) atoms. The summed E-state index contributed by atoms with van der Waals surface area (Å²) in [6.45, 7) is 12.3. The second kappa shape index (κ2) is 12.1. The Labute approximate surface area is 245 Å². The van der Waals surface area contributed by atoms with E-state index in [9.17, 15) is 14.7 Å². The summed E-state index contributed by atoms with van der Waals surface area (Å²) in [5, 5.41) is 15.3. The van der Waals surface area contributed by atoms with Crippen LogP contribution in [0.25, 0.3) is 4.91 Å². The van der Waals surface area contributed by atoms with Gasteiger partial charge in [-0.05, 0) is 74.4 Å². The predicted octanol–water partition coefficient (Wildman–Crippen LogP) is 6.14. The van der Waals surface area contributed by atoms with Gasteiger partial charge >= 0.3 is 0 Å². The molecule has 1 atom stereocenters. The van der Waals surface area contributed by atoms with Crippen molar-refractivity contribution in [3.63, 3.8) is 0 Å². The largest absolute Gasteiger partial charge is 0.510 e. The number of nitrogens with zero attached hydrogens (tertiary/aromatic N) is 3. The molecule has 1 unspecified atom stereocenters. The molecular formula is C31H40N4O3S2. The highest BCUT2D eigenvalue weighted by atomic mass is 32.2. The van der Waals surface area contributed by atoms with E-state index in [4.69, 9.17) is 0 Å². The number of amides is 2. The van der Waals surface area contributed by atoms with Crippen molar-refractivity contribution in [1.29, 1.82) is 0 Å². The van der Waals surface area contributed by atoms with Crippen LogP contribution in [-0.2, 0) is 5.41 Å². The van der Waals surface area contributed by atoms with Gasteiger partial charge in [-0.25, -0.2) is 5.43 Å². The number of allylic oxidation sites excluding steroid dienone is 1. The number of aliphatic hydroxyl groups is 1. The van der Waals surface area contributed by atoms with Gasteiger partial charge in [0, 0.05) is 30.6 Å². The molecule has 0 spiro atoms. The molecule has 2 amide bonds. The molecule has 3 aliphatic heterocycles. The number of carbonyl (C=O) groups excluding carboxylic acids is 2. The monoisotopic (exact) mass is 580 g/mol. The third-order valence-electron chi connectivity index (χ3n) is 8.26. The number of thioether (sulfide) groups is 1. The number of benzene rings is 1. The predicted molar refractivity (Wildman–Crippen MR) is 165 cm³/mol. The first-order valence-corrected chi connectivity index (χ1v) is 16.1. The number of piperidine rings is 1. The van der Waals surface area contributed by atoms with Crippen LogP contribution in [0.3, 0.4) is 0 Å². The quantitative estimate of drug-likeness (QED) is 0.317. The minimum Gasteiger partial charge on any atom is -0.510 e. The van der Waals surface area contributed by atoms with E-state index in [0.29, 0.717) is 33.0 Å². The molecule has 0 saturated carbocycles. The smallest absolute Gasteiger partial charge is 0.281 e. The minimum absolute atomic E-state index is 0.00436. The van der Waals surface area contributed by atoms with E-state index in [-0.39, 0.29) is 23.1 Å². The van der Waals surface area contributed by atoms with Gasteiger partial charge in [0.05, 0.1) is 20.6 Å². The highest BCUT2D eigenvalue weighted by Gasteiger charge is 2.31. The van der Waals surface area contributed by atoms with Crippen molar-refractivity contribution >= 4 is 45.5 Å². The topological polar surface area (TPSA) is 85.2 Å². The SMILES string of the molecule is C/C(=N\NC(=O)c1ccc(C(=O)N2CCC(N3CCCC3)CC2)s1)C1CSC(c2ccc(C(C)(C)C)cc2)=C1O. The second-order valence-electron chi connectivity index (χ2n) is 12.0. The third-order valence-corrected chi connectivity index (χ3v) is 10.6. The normalized spacial score (nSPS) is 21.4. The molecule has 2 N–H and O–H groups in total. The van der Waals surface area contributed by atoms with Crippen LogP contribution in [0, 0.1) is 5.92 Å². The first kappa shape index (κ1) is 28.9. The molecule has 7 nitrogen and oxygen atoms in total. The van der Waals surface area contributed by atoms with Crippen LogP contribution in [0.4, 0.5) is 0 Å². The van der Waals surface area contributed by atoms with Crippen molar-refractivity contribution in [3.05, 3.63) is 63.0 Å². The number of thiophene rings is 1. The molecule has 2 fully saturated rings. The molecule has 5 rings (SSSR count). The Morgan fingerprint density at radius 3 is 2.27 bits per heavy atom. The molecule has 0 bridgehead atoms. The van der Waals surface area contributed by atoms with Gasteiger partial charge in [0.25, 0.3) is 11.8 Å². The Hall–Kier alpha value is -2.62. The minimum atomic E-state index is -0.344. The number of carbonyl (C=O) groups is 2. The van der Waals surface area contributed by atoms with Crippen LogP contribution >= 0.6 is 23.1 Å². The van der Waals surface area contributed by atoms with Crippen molar-refractivity contribution in [2.24, 2.45) is 11.0 Å². The van der Waals surface area contributed by atoms with Crippen LogP contribution in [0.1, 0.15) is 83.8 Å². The molecule has 1 aromatic carbocycles. The van der Waals surface area contributed by atoms with Crippen LogP contribution in [0.2, 0.25) is 0 Å². The standard InChI is InChI=1S/C31H40N4O3S2/c1-20(24-19-39-28(27(24)36)21-7-9-22(10-8-21)31(2,3)4)32-33-29(37)25-11-12-26(40-25)30(38)35-17-13-23(14-18-35)34-15-5-6-16-34/h7-12,23-24,36H,5-6,13-19H2,1-4H3,(H,33,37)/b32-20+. The number of hydrogen-bond donors (Lipinski definition) is 2. The first-order chi connectivity index (χ1) is 19.1. The van der Waals surface area contributed by atoms with Gasteiger partial charge in [-0.1, -0.05) is 45.0 Å². The molecular weight excluding hydrogens is 541 g/mol. The van der Waals surface area contributed by atoms with E-state index >= 15 is 0 Å². The molecule has 9 heteroatoms. The summed E-state index contributed by atoms with van der Waals surface area (Å²) in [6, 6.07) is 12.4. The fourth-order valence-electron chi connectivity index (χ4n) is 5.69. The Kier molecular flexibility index (Phi) is 8.73. The zero-order valence-corrected chi connectivity index (χ0v) is 25.5. The van der Waals surface area contributed by atoms with Gasteiger partial charge in [0.1, 0.15) is 5.76 Å².